The summed E-state index contributed by atoms with van der Waals surface area (Å²) in [6.45, 7) is 7.86. The maximum Gasteiger partial charge on any atom is 0.136 e. The molecule has 0 spiro atoms. The Morgan fingerprint density at radius 1 is 1.35 bits per heavy atom. The van der Waals surface area contributed by atoms with Gasteiger partial charge in [0.05, 0.1) is 13.2 Å². The summed E-state index contributed by atoms with van der Waals surface area (Å²) in [5.41, 5.74) is 1.07. The van der Waals surface area contributed by atoms with E-state index in [0.29, 0.717) is 0 Å². The van der Waals surface area contributed by atoms with Crippen LogP contribution in [0.4, 0.5) is 0 Å². The van der Waals surface area contributed by atoms with Gasteiger partial charge in [-0.2, -0.15) is 0 Å². The van der Waals surface area contributed by atoms with Crippen molar-refractivity contribution >= 4 is 11.4 Å². The minimum Gasteiger partial charge on any atom is -0.598 e. The van der Waals surface area contributed by atoms with Crippen LogP contribution in [-0.4, -0.2) is 16.4 Å². The molecule has 1 aromatic rings. The van der Waals surface area contributed by atoms with Crippen molar-refractivity contribution in [1.82, 2.24) is 4.72 Å². The van der Waals surface area contributed by atoms with E-state index in [2.05, 4.69) is 4.72 Å². The summed E-state index contributed by atoms with van der Waals surface area (Å²) < 4.78 is 20.0. The number of nitrogens with one attached hydrogen (secondary N) is 1. The quantitative estimate of drug-likeness (QED) is 0.841. The Balaban J connectivity index is 2.72. The molecule has 0 aliphatic heterocycles. The van der Waals surface area contributed by atoms with Gasteiger partial charge in [0.15, 0.2) is 0 Å². The van der Waals surface area contributed by atoms with Crippen LogP contribution >= 0.6 is 0 Å². The van der Waals surface area contributed by atoms with Gasteiger partial charge in [0, 0.05) is 11.4 Å². The third-order valence-corrected chi connectivity index (χ3v) is 4.11. The van der Waals surface area contributed by atoms with Crippen LogP contribution in [0.15, 0.2) is 24.3 Å². The summed E-state index contributed by atoms with van der Waals surface area (Å²) in [5.74, 6) is 0.817. The Morgan fingerprint density at radius 2 is 2.00 bits per heavy atom. The molecular weight excluding hydrogens is 234 g/mol. The summed E-state index contributed by atoms with van der Waals surface area (Å²) in [6.07, 6.45) is 0. The largest absolute Gasteiger partial charge is 0.598 e. The average Bonchev–Trinajstić information content (AvgIpc) is 2.27. The molecule has 0 heterocycles. The first-order chi connectivity index (χ1) is 7.84. The normalized spacial score (nSPS) is 15.4. The monoisotopic (exact) mass is 255 g/mol. The molecule has 0 aliphatic rings. The lowest BCUT2D eigenvalue weighted by Crippen LogP contribution is -2.40. The maximum atomic E-state index is 12.0. The predicted molar refractivity (Wildman–Crippen MR) is 72.4 cm³/mol. The fraction of sp³-hybridized carbons (Fsp3) is 0.538. The third kappa shape index (κ3) is 4.22. The van der Waals surface area contributed by atoms with Crippen LogP contribution in [0.3, 0.4) is 0 Å². The highest BCUT2D eigenvalue weighted by molar-refractivity contribution is 7.90. The second-order valence-corrected chi connectivity index (χ2v) is 7.00. The van der Waals surface area contributed by atoms with Crippen molar-refractivity contribution in [1.29, 1.82) is 0 Å². The number of rotatable bonds is 4. The van der Waals surface area contributed by atoms with E-state index in [1.807, 2.05) is 52.0 Å². The van der Waals surface area contributed by atoms with E-state index < -0.39 is 11.4 Å². The fourth-order valence-corrected chi connectivity index (χ4v) is 2.13. The second kappa shape index (κ2) is 5.76. The van der Waals surface area contributed by atoms with E-state index in [4.69, 9.17) is 4.74 Å². The van der Waals surface area contributed by atoms with E-state index in [1.165, 1.54) is 0 Å². The Hall–Kier alpha value is -0.710. The van der Waals surface area contributed by atoms with E-state index in [0.717, 1.165) is 11.3 Å². The van der Waals surface area contributed by atoms with E-state index >= 15 is 0 Å². The van der Waals surface area contributed by atoms with Crippen LogP contribution in [0.1, 0.15) is 39.3 Å². The van der Waals surface area contributed by atoms with E-state index in [-0.39, 0.29) is 10.8 Å². The Labute approximate surface area is 107 Å². The first kappa shape index (κ1) is 14.4. The van der Waals surface area contributed by atoms with Gasteiger partial charge >= 0.3 is 0 Å². The lowest BCUT2D eigenvalue weighted by molar-refractivity contribution is 0.413. The molecule has 1 rings (SSSR count). The minimum atomic E-state index is -1.07. The Bertz CT molecular complexity index is 363. The van der Waals surface area contributed by atoms with Gasteiger partial charge in [0.2, 0.25) is 0 Å². The SMILES string of the molecule is COc1cccc([C@H](C)N[S+]([O-])C(C)(C)C)c1. The third-order valence-electron chi connectivity index (χ3n) is 2.43. The van der Waals surface area contributed by atoms with Crippen molar-refractivity contribution < 1.29 is 9.29 Å². The molecule has 0 radical (unpaired) electrons. The molecule has 2 atom stereocenters. The van der Waals surface area contributed by atoms with Crippen molar-refractivity contribution in [2.75, 3.05) is 7.11 Å². The Morgan fingerprint density at radius 3 is 2.53 bits per heavy atom. The molecule has 0 fully saturated rings. The van der Waals surface area contributed by atoms with Gasteiger partial charge in [-0.15, -0.1) is 4.72 Å². The number of benzene rings is 1. The van der Waals surface area contributed by atoms with Crippen LogP contribution < -0.4 is 9.46 Å². The standard InChI is InChI=1S/C13H21NO2S/c1-10(14-17(15)13(2,3)4)11-7-6-8-12(9-11)16-5/h6-10,14H,1-5H3/t10-,17?/m0/s1. The first-order valence-electron chi connectivity index (χ1n) is 5.66. The summed E-state index contributed by atoms with van der Waals surface area (Å²) in [6, 6.07) is 7.83. The zero-order valence-electron chi connectivity index (χ0n) is 11.1. The zero-order chi connectivity index (χ0) is 13.1. The van der Waals surface area contributed by atoms with Crippen molar-refractivity contribution in [3.63, 3.8) is 0 Å². The van der Waals surface area contributed by atoms with Gasteiger partial charge in [-0.1, -0.05) is 12.1 Å². The van der Waals surface area contributed by atoms with Gasteiger partial charge in [0.1, 0.15) is 10.5 Å². The highest BCUT2D eigenvalue weighted by Gasteiger charge is 2.28. The first-order valence-corrected chi connectivity index (χ1v) is 6.81. The molecule has 3 nitrogen and oxygen atoms in total. The van der Waals surface area contributed by atoms with Crippen LogP contribution in [0.25, 0.3) is 0 Å². The molecule has 0 aromatic heterocycles. The van der Waals surface area contributed by atoms with Gasteiger partial charge in [-0.3, -0.25) is 0 Å². The van der Waals surface area contributed by atoms with Crippen LogP contribution in [-0.2, 0) is 11.4 Å². The van der Waals surface area contributed by atoms with Crippen LogP contribution in [0, 0.1) is 0 Å². The molecule has 96 valence electrons. The molecule has 1 aromatic carbocycles. The summed E-state index contributed by atoms with van der Waals surface area (Å²) in [4.78, 5) is 0. The smallest absolute Gasteiger partial charge is 0.136 e. The number of hydrogen-bond donors (Lipinski definition) is 1. The molecule has 0 bridgehead atoms. The summed E-state index contributed by atoms with van der Waals surface area (Å²) in [7, 11) is 1.64. The maximum absolute atomic E-state index is 12.0. The van der Waals surface area contributed by atoms with Crippen molar-refractivity contribution in [3.05, 3.63) is 29.8 Å². The molecule has 0 aliphatic carbocycles. The van der Waals surface area contributed by atoms with Gasteiger partial charge in [0.25, 0.3) is 0 Å². The predicted octanol–water partition coefficient (Wildman–Crippen LogP) is 2.81. The van der Waals surface area contributed by atoms with Crippen molar-refractivity contribution in [2.24, 2.45) is 0 Å². The van der Waals surface area contributed by atoms with Gasteiger partial charge in [-0.25, -0.2) is 0 Å². The molecule has 1 N–H and O–H groups in total. The van der Waals surface area contributed by atoms with Gasteiger partial charge < -0.3 is 9.29 Å². The van der Waals surface area contributed by atoms with Crippen molar-refractivity contribution in [3.8, 4) is 5.75 Å². The summed E-state index contributed by atoms with van der Waals surface area (Å²) >= 11 is -1.07. The number of hydrogen-bond acceptors (Lipinski definition) is 3. The number of ether oxygens (including phenoxy) is 1. The Kier molecular flexibility index (Phi) is 4.86. The van der Waals surface area contributed by atoms with Crippen LogP contribution in [0.2, 0.25) is 0 Å². The summed E-state index contributed by atoms with van der Waals surface area (Å²) in [5, 5.41) is 0. The molecule has 0 saturated carbocycles. The number of methoxy groups -OCH3 is 1. The minimum absolute atomic E-state index is 0.0326. The van der Waals surface area contributed by atoms with Crippen molar-refractivity contribution in [2.45, 2.75) is 38.5 Å². The molecular formula is C13H21NO2S. The molecule has 0 saturated heterocycles. The highest BCUT2D eigenvalue weighted by Crippen LogP contribution is 2.22. The molecule has 1 unspecified atom stereocenters. The molecule has 0 amide bonds. The molecule has 4 heteroatoms. The fourth-order valence-electron chi connectivity index (χ4n) is 1.32. The van der Waals surface area contributed by atoms with E-state index in [1.54, 1.807) is 7.11 Å². The lowest BCUT2D eigenvalue weighted by atomic mass is 10.1. The van der Waals surface area contributed by atoms with Gasteiger partial charge in [-0.05, 0) is 45.4 Å². The topological polar surface area (TPSA) is 44.3 Å². The van der Waals surface area contributed by atoms with Crippen LogP contribution in [0.5, 0.6) is 5.75 Å². The lowest BCUT2D eigenvalue weighted by Gasteiger charge is -2.26. The highest BCUT2D eigenvalue weighted by atomic mass is 32.2. The van der Waals surface area contributed by atoms with E-state index in [9.17, 15) is 4.55 Å². The zero-order valence-corrected chi connectivity index (χ0v) is 11.9. The molecule has 17 heavy (non-hydrogen) atoms. The average molecular weight is 255 g/mol. The second-order valence-electron chi connectivity index (χ2n) is 5.00.